The first-order chi connectivity index (χ1) is 8.68. The Balaban J connectivity index is 2.81. The molecule has 102 valence electrons. The van der Waals surface area contributed by atoms with E-state index in [1.807, 2.05) is 25.2 Å². The molecule has 0 saturated carbocycles. The van der Waals surface area contributed by atoms with Crippen LogP contribution in [0.2, 0.25) is 0 Å². The second-order valence-corrected chi connectivity index (χ2v) is 4.95. The van der Waals surface area contributed by atoms with E-state index in [2.05, 4.69) is 36.3 Å². The topological polar surface area (TPSA) is 35.5 Å². The standard InChI is InChI=1S/C15H26N2O/c1-4-5-11-17(3)12-15(13-18,16-2)14-9-7-6-8-10-14/h6-10,16,18H,4-5,11-13H2,1-3H3. The molecule has 0 aromatic heterocycles. The fourth-order valence-corrected chi connectivity index (χ4v) is 2.26. The van der Waals surface area contributed by atoms with Crippen LogP contribution in [0.4, 0.5) is 0 Å². The Bertz CT molecular complexity index is 323. The van der Waals surface area contributed by atoms with Crippen LogP contribution in [0.15, 0.2) is 30.3 Å². The van der Waals surface area contributed by atoms with Crippen LogP contribution in [0, 0.1) is 0 Å². The van der Waals surface area contributed by atoms with Gasteiger partial charge in [0.05, 0.1) is 12.1 Å². The largest absolute Gasteiger partial charge is 0.394 e. The fraction of sp³-hybridized carbons (Fsp3) is 0.600. The summed E-state index contributed by atoms with van der Waals surface area (Å²) in [6, 6.07) is 10.2. The Morgan fingerprint density at radius 3 is 2.44 bits per heavy atom. The molecular weight excluding hydrogens is 224 g/mol. The van der Waals surface area contributed by atoms with E-state index in [-0.39, 0.29) is 12.1 Å². The minimum absolute atomic E-state index is 0.101. The van der Waals surface area contributed by atoms with Gasteiger partial charge in [0, 0.05) is 6.54 Å². The predicted octanol–water partition coefficient (Wildman–Crippen LogP) is 1.83. The second-order valence-electron chi connectivity index (χ2n) is 4.95. The summed E-state index contributed by atoms with van der Waals surface area (Å²) < 4.78 is 0. The maximum absolute atomic E-state index is 9.82. The molecule has 0 amide bonds. The summed E-state index contributed by atoms with van der Waals surface area (Å²) in [6.07, 6.45) is 2.39. The van der Waals surface area contributed by atoms with Gasteiger partial charge in [-0.05, 0) is 32.6 Å². The summed E-state index contributed by atoms with van der Waals surface area (Å²) in [5, 5.41) is 13.1. The van der Waals surface area contributed by atoms with Gasteiger partial charge in [-0.1, -0.05) is 43.7 Å². The van der Waals surface area contributed by atoms with Gasteiger partial charge < -0.3 is 15.3 Å². The molecule has 1 atom stereocenters. The summed E-state index contributed by atoms with van der Waals surface area (Å²) >= 11 is 0. The lowest BCUT2D eigenvalue weighted by atomic mass is 9.90. The Hall–Kier alpha value is -0.900. The highest BCUT2D eigenvalue weighted by molar-refractivity contribution is 5.25. The van der Waals surface area contributed by atoms with Gasteiger partial charge in [-0.15, -0.1) is 0 Å². The Labute approximate surface area is 111 Å². The normalized spacial score (nSPS) is 14.7. The number of aliphatic hydroxyl groups is 1. The first-order valence-corrected chi connectivity index (χ1v) is 6.72. The van der Waals surface area contributed by atoms with Gasteiger partial charge in [0.15, 0.2) is 0 Å². The summed E-state index contributed by atoms with van der Waals surface area (Å²) in [4.78, 5) is 2.28. The number of nitrogens with one attached hydrogen (secondary N) is 1. The molecule has 0 bridgehead atoms. The van der Waals surface area contributed by atoms with Crippen LogP contribution in [0.5, 0.6) is 0 Å². The van der Waals surface area contributed by atoms with E-state index >= 15 is 0 Å². The third-order valence-electron chi connectivity index (χ3n) is 3.51. The molecule has 0 aliphatic rings. The minimum atomic E-state index is -0.371. The quantitative estimate of drug-likeness (QED) is 0.739. The van der Waals surface area contributed by atoms with E-state index < -0.39 is 0 Å². The zero-order chi connectivity index (χ0) is 13.4. The number of nitrogens with zero attached hydrogens (tertiary/aromatic N) is 1. The number of unbranched alkanes of at least 4 members (excludes halogenated alkanes) is 1. The van der Waals surface area contributed by atoms with Crippen molar-refractivity contribution in [1.29, 1.82) is 0 Å². The number of hydrogen-bond acceptors (Lipinski definition) is 3. The van der Waals surface area contributed by atoms with Crippen LogP contribution in [0.1, 0.15) is 25.3 Å². The summed E-state index contributed by atoms with van der Waals surface area (Å²) in [5.41, 5.74) is 0.766. The van der Waals surface area contributed by atoms with E-state index in [0.29, 0.717) is 0 Å². The number of benzene rings is 1. The van der Waals surface area contributed by atoms with Gasteiger partial charge in [-0.25, -0.2) is 0 Å². The molecule has 3 nitrogen and oxygen atoms in total. The highest BCUT2D eigenvalue weighted by Gasteiger charge is 2.30. The van der Waals surface area contributed by atoms with E-state index in [9.17, 15) is 5.11 Å². The molecule has 0 aliphatic carbocycles. The van der Waals surface area contributed by atoms with E-state index in [1.165, 1.54) is 12.8 Å². The smallest absolute Gasteiger partial charge is 0.0795 e. The van der Waals surface area contributed by atoms with Crippen molar-refractivity contribution in [2.45, 2.75) is 25.3 Å². The highest BCUT2D eigenvalue weighted by atomic mass is 16.3. The average molecular weight is 250 g/mol. The van der Waals surface area contributed by atoms with Crippen LogP contribution in [-0.4, -0.2) is 43.8 Å². The van der Waals surface area contributed by atoms with Crippen molar-refractivity contribution < 1.29 is 5.11 Å². The van der Waals surface area contributed by atoms with Gasteiger partial charge in [-0.2, -0.15) is 0 Å². The van der Waals surface area contributed by atoms with Crippen LogP contribution >= 0.6 is 0 Å². The minimum Gasteiger partial charge on any atom is -0.394 e. The number of rotatable bonds is 8. The third kappa shape index (κ3) is 3.80. The lowest BCUT2D eigenvalue weighted by molar-refractivity contribution is 0.124. The molecule has 0 saturated heterocycles. The zero-order valence-electron chi connectivity index (χ0n) is 11.8. The maximum atomic E-state index is 9.82. The van der Waals surface area contributed by atoms with Gasteiger partial charge in [0.25, 0.3) is 0 Å². The second kappa shape index (κ2) is 7.52. The van der Waals surface area contributed by atoms with Crippen LogP contribution in [-0.2, 0) is 5.54 Å². The molecule has 18 heavy (non-hydrogen) atoms. The molecule has 0 aliphatic heterocycles. The molecule has 0 heterocycles. The van der Waals surface area contributed by atoms with E-state index in [0.717, 1.165) is 18.7 Å². The van der Waals surface area contributed by atoms with Gasteiger partial charge >= 0.3 is 0 Å². The molecular formula is C15H26N2O. The number of likely N-dealkylation sites (N-methyl/N-ethyl adjacent to an activating group) is 2. The summed E-state index contributed by atoms with van der Waals surface area (Å²) in [7, 11) is 4.03. The lowest BCUT2D eigenvalue weighted by Gasteiger charge is -2.36. The third-order valence-corrected chi connectivity index (χ3v) is 3.51. The maximum Gasteiger partial charge on any atom is 0.0795 e. The van der Waals surface area contributed by atoms with E-state index in [1.54, 1.807) is 0 Å². The fourth-order valence-electron chi connectivity index (χ4n) is 2.26. The molecule has 1 rings (SSSR count). The lowest BCUT2D eigenvalue weighted by Crippen LogP contribution is -2.51. The first-order valence-electron chi connectivity index (χ1n) is 6.72. The van der Waals surface area contributed by atoms with Gasteiger partial charge in [-0.3, -0.25) is 0 Å². The molecule has 0 spiro atoms. The van der Waals surface area contributed by atoms with Crippen LogP contribution in [0.3, 0.4) is 0 Å². The zero-order valence-corrected chi connectivity index (χ0v) is 11.8. The van der Waals surface area contributed by atoms with Crippen LogP contribution in [0.25, 0.3) is 0 Å². The molecule has 3 heteroatoms. The van der Waals surface area contributed by atoms with Crippen molar-refractivity contribution in [3.63, 3.8) is 0 Å². The van der Waals surface area contributed by atoms with Crippen molar-refractivity contribution in [3.8, 4) is 0 Å². The molecule has 0 radical (unpaired) electrons. The molecule has 1 unspecified atom stereocenters. The van der Waals surface area contributed by atoms with Gasteiger partial charge in [0.1, 0.15) is 0 Å². The number of hydrogen-bond donors (Lipinski definition) is 2. The number of aliphatic hydroxyl groups excluding tert-OH is 1. The Morgan fingerprint density at radius 1 is 1.28 bits per heavy atom. The predicted molar refractivity (Wildman–Crippen MR) is 76.7 cm³/mol. The van der Waals surface area contributed by atoms with E-state index in [4.69, 9.17) is 0 Å². The van der Waals surface area contributed by atoms with Crippen molar-refractivity contribution in [3.05, 3.63) is 35.9 Å². The molecule has 1 aromatic rings. The monoisotopic (exact) mass is 250 g/mol. The Kier molecular flexibility index (Phi) is 6.33. The highest BCUT2D eigenvalue weighted by Crippen LogP contribution is 2.21. The molecule has 1 aromatic carbocycles. The SMILES string of the molecule is CCCCN(C)CC(CO)(NC)c1ccccc1. The van der Waals surface area contributed by atoms with Crippen molar-refractivity contribution in [1.82, 2.24) is 10.2 Å². The summed E-state index contributed by atoms with van der Waals surface area (Å²) in [6.45, 7) is 4.17. The first kappa shape index (κ1) is 15.2. The van der Waals surface area contributed by atoms with Gasteiger partial charge in [0.2, 0.25) is 0 Å². The van der Waals surface area contributed by atoms with Crippen molar-refractivity contribution >= 4 is 0 Å². The average Bonchev–Trinajstić information content (AvgIpc) is 2.43. The van der Waals surface area contributed by atoms with Crippen molar-refractivity contribution in [2.75, 3.05) is 33.8 Å². The molecule has 2 N–H and O–H groups in total. The summed E-state index contributed by atoms with van der Waals surface area (Å²) in [5.74, 6) is 0. The van der Waals surface area contributed by atoms with Crippen LogP contribution < -0.4 is 5.32 Å². The molecule has 0 fully saturated rings. The Morgan fingerprint density at radius 2 is 1.94 bits per heavy atom. The van der Waals surface area contributed by atoms with Crippen molar-refractivity contribution in [2.24, 2.45) is 0 Å².